The molecule has 1 atom stereocenters. The molecule has 154 valence electrons. The van der Waals surface area contributed by atoms with Gasteiger partial charge in [0.2, 0.25) is 0 Å². The summed E-state index contributed by atoms with van der Waals surface area (Å²) in [6.07, 6.45) is 5.11. The van der Waals surface area contributed by atoms with Gasteiger partial charge in [0, 0.05) is 30.7 Å². The molecule has 2 fully saturated rings. The first-order valence-corrected chi connectivity index (χ1v) is 10.6. The molecule has 0 aromatic heterocycles. The van der Waals surface area contributed by atoms with Crippen LogP contribution in [0.5, 0.6) is 0 Å². The van der Waals surface area contributed by atoms with Crippen LogP contribution in [0.2, 0.25) is 5.02 Å². The molecule has 1 amide bonds. The average Bonchev–Trinajstić information content (AvgIpc) is 2.96. The molecular formula is C23H25ClF2N2O. The molecule has 0 aliphatic carbocycles. The molecule has 2 aliphatic heterocycles. The van der Waals surface area contributed by atoms with Crippen molar-refractivity contribution in [2.45, 2.75) is 44.2 Å². The number of carbonyl (C=O) groups is 1. The molecular weight excluding hydrogens is 394 g/mol. The fourth-order valence-corrected chi connectivity index (χ4v) is 4.93. The molecule has 0 N–H and O–H groups in total. The summed E-state index contributed by atoms with van der Waals surface area (Å²) >= 11 is 5.74. The molecule has 0 saturated carbocycles. The van der Waals surface area contributed by atoms with E-state index in [2.05, 4.69) is 4.90 Å². The lowest BCUT2D eigenvalue weighted by Gasteiger charge is -2.38. The van der Waals surface area contributed by atoms with Crippen LogP contribution in [0.3, 0.4) is 0 Å². The van der Waals surface area contributed by atoms with E-state index in [-0.39, 0.29) is 22.3 Å². The maximum atomic E-state index is 13.8. The largest absolute Gasteiger partial charge is 0.339 e. The van der Waals surface area contributed by atoms with Crippen molar-refractivity contribution in [3.05, 3.63) is 70.2 Å². The Hall–Kier alpha value is -1.98. The summed E-state index contributed by atoms with van der Waals surface area (Å²) in [7, 11) is 0. The first-order valence-electron chi connectivity index (χ1n) is 10.2. The summed E-state index contributed by atoms with van der Waals surface area (Å²) in [6, 6.07) is 11.0. The Morgan fingerprint density at radius 3 is 2.41 bits per heavy atom. The summed E-state index contributed by atoms with van der Waals surface area (Å²) in [5.74, 6) is -0.919. The van der Waals surface area contributed by atoms with Crippen molar-refractivity contribution in [2.24, 2.45) is 0 Å². The van der Waals surface area contributed by atoms with Crippen LogP contribution in [0.1, 0.15) is 48.0 Å². The number of halogens is 3. The standard InChI is InChI=1S/C23H25ClF2N2O/c24-20-8-5-18(15-21(20)26)22(29)27-12-1-9-23(11-14-27)10-2-13-28(23)16-17-3-6-19(25)7-4-17/h3-8,15H,1-2,9-14,16H2. The van der Waals surface area contributed by atoms with E-state index in [1.54, 1.807) is 6.07 Å². The summed E-state index contributed by atoms with van der Waals surface area (Å²) in [5, 5.41) is 0.0266. The molecule has 3 nitrogen and oxygen atoms in total. The number of likely N-dealkylation sites (tertiary alicyclic amines) is 2. The normalized spacial score (nSPS) is 22.8. The number of nitrogens with zero attached hydrogens (tertiary/aromatic N) is 2. The van der Waals surface area contributed by atoms with Crippen molar-refractivity contribution in [1.29, 1.82) is 0 Å². The molecule has 6 heteroatoms. The van der Waals surface area contributed by atoms with Gasteiger partial charge in [-0.3, -0.25) is 9.69 Å². The Bertz CT molecular complexity index is 889. The quantitative estimate of drug-likeness (QED) is 0.677. The van der Waals surface area contributed by atoms with Crippen molar-refractivity contribution in [2.75, 3.05) is 19.6 Å². The van der Waals surface area contributed by atoms with Crippen molar-refractivity contribution < 1.29 is 13.6 Å². The fraction of sp³-hybridized carbons (Fsp3) is 0.435. The van der Waals surface area contributed by atoms with E-state index < -0.39 is 5.82 Å². The topological polar surface area (TPSA) is 23.6 Å². The van der Waals surface area contributed by atoms with Gasteiger partial charge >= 0.3 is 0 Å². The van der Waals surface area contributed by atoms with Crippen molar-refractivity contribution in [3.8, 4) is 0 Å². The van der Waals surface area contributed by atoms with E-state index in [0.29, 0.717) is 18.7 Å². The van der Waals surface area contributed by atoms with Crippen LogP contribution in [0.4, 0.5) is 8.78 Å². The Morgan fingerprint density at radius 2 is 1.69 bits per heavy atom. The number of hydrogen-bond donors (Lipinski definition) is 0. The van der Waals surface area contributed by atoms with E-state index in [1.807, 2.05) is 17.0 Å². The van der Waals surface area contributed by atoms with E-state index in [4.69, 9.17) is 11.6 Å². The molecule has 2 heterocycles. The van der Waals surface area contributed by atoms with Crippen LogP contribution in [0, 0.1) is 11.6 Å². The van der Waals surface area contributed by atoms with Crippen molar-refractivity contribution in [3.63, 3.8) is 0 Å². The first-order chi connectivity index (χ1) is 14.0. The van der Waals surface area contributed by atoms with Gasteiger partial charge in [0.1, 0.15) is 11.6 Å². The lowest BCUT2D eigenvalue weighted by atomic mass is 9.87. The maximum absolute atomic E-state index is 13.8. The van der Waals surface area contributed by atoms with Gasteiger partial charge in [-0.05, 0) is 74.5 Å². The van der Waals surface area contributed by atoms with E-state index in [0.717, 1.165) is 50.8 Å². The number of rotatable bonds is 3. The Morgan fingerprint density at radius 1 is 0.966 bits per heavy atom. The lowest BCUT2D eigenvalue weighted by Crippen LogP contribution is -2.44. The zero-order valence-electron chi connectivity index (χ0n) is 16.3. The van der Waals surface area contributed by atoms with Crippen molar-refractivity contribution in [1.82, 2.24) is 9.80 Å². The highest BCUT2D eigenvalue weighted by Gasteiger charge is 2.42. The zero-order chi connectivity index (χ0) is 20.4. The summed E-state index contributed by atoms with van der Waals surface area (Å²) in [4.78, 5) is 17.2. The predicted octanol–water partition coefficient (Wildman–Crippen LogP) is 5.28. The minimum Gasteiger partial charge on any atom is -0.339 e. The second-order valence-corrected chi connectivity index (χ2v) is 8.56. The molecule has 29 heavy (non-hydrogen) atoms. The molecule has 2 aromatic rings. The number of benzene rings is 2. The second kappa shape index (κ2) is 8.41. The lowest BCUT2D eigenvalue weighted by molar-refractivity contribution is 0.0737. The Balaban J connectivity index is 1.46. The summed E-state index contributed by atoms with van der Waals surface area (Å²) in [5.41, 5.74) is 1.54. The van der Waals surface area contributed by atoms with Gasteiger partial charge in [0.15, 0.2) is 0 Å². The van der Waals surface area contributed by atoms with E-state index in [1.165, 1.54) is 24.3 Å². The number of hydrogen-bond acceptors (Lipinski definition) is 2. The van der Waals surface area contributed by atoms with Crippen molar-refractivity contribution >= 4 is 17.5 Å². The second-order valence-electron chi connectivity index (χ2n) is 8.15. The van der Waals surface area contributed by atoms with E-state index in [9.17, 15) is 13.6 Å². The van der Waals surface area contributed by atoms with Crippen LogP contribution >= 0.6 is 11.6 Å². The van der Waals surface area contributed by atoms with Crippen LogP contribution < -0.4 is 0 Å². The van der Waals surface area contributed by atoms with Gasteiger partial charge in [-0.1, -0.05) is 23.7 Å². The van der Waals surface area contributed by atoms with Gasteiger partial charge in [-0.2, -0.15) is 0 Å². The minimum absolute atomic E-state index is 0.0266. The Labute approximate surface area is 175 Å². The predicted molar refractivity (Wildman–Crippen MR) is 110 cm³/mol. The summed E-state index contributed by atoms with van der Waals surface area (Å²) < 4.78 is 27.0. The highest BCUT2D eigenvalue weighted by atomic mass is 35.5. The first kappa shape index (κ1) is 20.3. The number of carbonyl (C=O) groups excluding carboxylic acids is 1. The van der Waals surface area contributed by atoms with Gasteiger partial charge in [0.05, 0.1) is 5.02 Å². The van der Waals surface area contributed by atoms with Crippen LogP contribution in [-0.2, 0) is 6.54 Å². The molecule has 1 spiro atoms. The van der Waals surface area contributed by atoms with E-state index >= 15 is 0 Å². The minimum atomic E-state index is -0.565. The fourth-order valence-electron chi connectivity index (χ4n) is 4.81. The molecule has 0 radical (unpaired) electrons. The molecule has 2 aromatic carbocycles. The maximum Gasteiger partial charge on any atom is 0.253 e. The van der Waals surface area contributed by atoms with Gasteiger partial charge in [-0.25, -0.2) is 8.78 Å². The third-order valence-corrected chi connectivity index (χ3v) is 6.71. The molecule has 0 bridgehead atoms. The Kier molecular flexibility index (Phi) is 5.88. The molecule has 1 unspecified atom stereocenters. The molecule has 2 saturated heterocycles. The third-order valence-electron chi connectivity index (χ3n) is 6.40. The highest BCUT2D eigenvalue weighted by molar-refractivity contribution is 6.30. The average molecular weight is 419 g/mol. The number of amides is 1. The van der Waals surface area contributed by atoms with Crippen LogP contribution in [0.25, 0.3) is 0 Å². The van der Waals surface area contributed by atoms with Gasteiger partial charge in [-0.15, -0.1) is 0 Å². The smallest absolute Gasteiger partial charge is 0.253 e. The third kappa shape index (κ3) is 4.31. The molecule has 2 aliphatic rings. The SMILES string of the molecule is O=C(c1ccc(Cl)c(F)c1)N1CCCC2(CCCN2Cc2ccc(F)cc2)CC1. The summed E-state index contributed by atoms with van der Waals surface area (Å²) in [6.45, 7) is 3.16. The zero-order valence-corrected chi connectivity index (χ0v) is 17.1. The van der Waals surface area contributed by atoms with Crippen LogP contribution in [0.15, 0.2) is 42.5 Å². The monoisotopic (exact) mass is 418 g/mol. The molecule has 4 rings (SSSR count). The highest BCUT2D eigenvalue weighted by Crippen LogP contribution is 2.39. The van der Waals surface area contributed by atoms with Crippen LogP contribution in [-0.4, -0.2) is 40.9 Å². The van der Waals surface area contributed by atoms with Gasteiger partial charge in [0.25, 0.3) is 5.91 Å². The van der Waals surface area contributed by atoms with Gasteiger partial charge < -0.3 is 4.90 Å².